The minimum atomic E-state index is -0.610. The molecule has 2 aliphatic rings. The van der Waals surface area contributed by atoms with Crippen molar-refractivity contribution < 1.29 is 19.1 Å². The Balaban J connectivity index is 1.31. The molecule has 39 heavy (non-hydrogen) atoms. The maximum Gasteiger partial charge on any atom is 0.262 e. The molecule has 0 saturated carbocycles. The van der Waals surface area contributed by atoms with Crippen molar-refractivity contribution in [3.8, 4) is 11.5 Å². The number of benzene rings is 3. The van der Waals surface area contributed by atoms with Crippen LogP contribution in [-0.4, -0.2) is 46.7 Å². The van der Waals surface area contributed by atoms with E-state index in [-0.39, 0.29) is 24.3 Å². The number of carbonyl (C=O) groups is 2. The van der Waals surface area contributed by atoms with Crippen LogP contribution in [0.4, 0.5) is 5.69 Å². The third kappa shape index (κ3) is 6.15. The Hall–Kier alpha value is -4.11. The van der Waals surface area contributed by atoms with E-state index < -0.39 is 5.25 Å². The van der Waals surface area contributed by atoms with Gasteiger partial charge in [0.1, 0.15) is 16.7 Å². The first-order valence-corrected chi connectivity index (χ1v) is 13.7. The van der Waals surface area contributed by atoms with Crippen molar-refractivity contribution >= 4 is 40.1 Å². The molecule has 3 aromatic rings. The summed E-state index contributed by atoms with van der Waals surface area (Å²) in [5, 5.41) is 9.49. The predicted octanol–water partition coefficient (Wildman–Crippen LogP) is 5.58. The number of aliphatic imine (C=N–C) groups is 1. The van der Waals surface area contributed by atoms with E-state index in [4.69, 9.17) is 14.6 Å². The molecule has 2 heterocycles. The summed E-state index contributed by atoms with van der Waals surface area (Å²) in [7, 11) is 1.64. The van der Waals surface area contributed by atoms with Crippen molar-refractivity contribution in [2.24, 2.45) is 10.1 Å². The van der Waals surface area contributed by atoms with Gasteiger partial charge in [-0.2, -0.15) is 10.1 Å². The second-order valence-electron chi connectivity index (χ2n) is 9.30. The summed E-state index contributed by atoms with van der Waals surface area (Å²) in [5.41, 5.74) is 4.78. The molecular weight excluding hydrogens is 512 g/mol. The van der Waals surface area contributed by atoms with Crippen LogP contribution in [0, 0.1) is 6.92 Å². The fraction of sp³-hybridized carbons (Fsp3) is 0.267. The van der Waals surface area contributed by atoms with E-state index in [1.165, 1.54) is 17.3 Å². The predicted molar refractivity (Wildman–Crippen MR) is 155 cm³/mol. The first kappa shape index (κ1) is 26.5. The van der Waals surface area contributed by atoms with Crippen molar-refractivity contribution in [1.82, 2.24) is 5.01 Å². The van der Waals surface area contributed by atoms with Crippen molar-refractivity contribution in [3.05, 3.63) is 89.5 Å². The van der Waals surface area contributed by atoms with Crippen LogP contribution in [-0.2, 0) is 9.59 Å². The van der Waals surface area contributed by atoms with Gasteiger partial charge in [0.15, 0.2) is 5.17 Å². The summed E-state index contributed by atoms with van der Waals surface area (Å²) in [4.78, 5) is 29.9. The second-order valence-corrected chi connectivity index (χ2v) is 10.5. The number of amidine groups is 1. The van der Waals surface area contributed by atoms with Gasteiger partial charge in [-0.3, -0.25) is 9.59 Å². The number of ether oxygens (including phenoxy) is 2. The lowest BCUT2D eigenvalue weighted by Gasteiger charge is -2.23. The van der Waals surface area contributed by atoms with Gasteiger partial charge >= 0.3 is 0 Å². The largest absolute Gasteiger partial charge is 0.497 e. The Labute approximate surface area is 232 Å². The van der Waals surface area contributed by atoms with E-state index in [0.717, 1.165) is 28.3 Å². The minimum Gasteiger partial charge on any atom is -0.497 e. The molecule has 3 aromatic carbocycles. The normalized spacial score (nSPS) is 18.5. The fourth-order valence-corrected chi connectivity index (χ4v) is 5.54. The van der Waals surface area contributed by atoms with Gasteiger partial charge in [0.25, 0.3) is 5.91 Å². The lowest BCUT2D eigenvalue weighted by atomic mass is 9.98. The number of hydrazone groups is 1. The average Bonchev–Trinajstić information content (AvgIpc) is 3.54. The van der Waals surface area contributed by atoms with E-state index in [1.54, 1.807) is 31.4 Å². The van der Waals surface area contributed by atoms with E-state index in [2.05, 4.69) is 34.6 Å². The summed E-state index contributed by atoms with van der Waals surface area (Å²) in [6.45, 7) is 4.54. The van der Waals surface area contributed by atoms with E-state index in [1.807, 2.05) is 43.1 Å². The molecule has 1 N–H and O–H groups in total. The van der Waals surface area contributed by atoms with Crippen molar-refractivity contribution in [1.29, 1.82) is 0 Å². The van der Waals surface area contributed by atoms with Crippen LogP contribution >= 0.6 is 11.8 Å². The van der Waals surface area contributed by atoms with Gasteiger partial charge in [0.05, 0.1) is 25.5 Å². The summed E-state index contributed by atoms with van der Waals surface area (Å²) >= 11 is 1.29. The second kappa shape index (κ2) is 11.7. The third-order valence-electron chi connectivity index (χ3n) is 6.54. The number of carbonyl (C=O) groups excluding carboxylic acids is 2. The molecule has 0 radical (unpaired) electrons. The van der Waals surface area contributed by atoms with Crippen LogP contribution in [0.25, 0.3) is 0 Å². The topological polar surface area (TPSA) is 92.6 Å². The minimum absolute atomic E-state index is 0.0157. The molecule has 0 bridgehead atoms. The van der Waals surface area contributed by atoms with Gasteiger partial charge in [0, 0.05) is 18.5 Å². The number of rotatable bonds is 8. The Kier molecular flexibility index (Phi) is 7.97. The molecule has 0 fully saturated rings. The molecule has 0 spiro atoms. The molecule has 2 atom stereocenters. The Morgan fingerprint density at radius 1 is 1.03 bits per heavy atom. The van der Waals surface area contributed by atoms with Crippen molar-refractivity contribution in [2.75, 3.05) is 19.0 Å². The SMILES string of the molecule is CCOc1ccc(NC(=O)C[C@H]2SC(N3N=C(c4ccc(OC)cc4)C[C@@H]3c3ccc(C)cc3)=NC2=O)cc1. The smallest absolute Gasteiger partial charge is 0.262 e. The first-order chi connectivity index (χ1) is 18.9. The van der Waals surface area contributed by atoms with E-state index in [0.29, 0.717) is 23.9 Å². The van der Waals surface area contributed by atoms with Gasteiger partial charge in [0.2, 0.25) is 5.91 Å². The van der Waals surface area contributed by atoms with Crippen LogP contribution in [0.5, 0.6) is 11.5 Å². The number of methoxy groups -OCH3 is 1. The molecule has 9 heteroatoms. The molecule has 5 rings (SSSR count). The van der Waals surface area contributed by atoms with Gasteiger partial charge in [-0.15, -0.1) is 0 Å². The lowest BCUT2D eigenvalue weighted by Crippen LogP contribution is -2.25. The number of amides is 2. The number of hydrogen-bond acceptors (Lipinski definition) is 7. The quantitative estimate of drug-likeness (QED) is 0.400. The number of nitrogens with one attached hydrogen (secondary N) is 1. The average molecular weight is 543 g/mol. The molecule has 8 nitrogen and oxygen atoms in total. The monoisotopic (exact) mass is 542 g/mol. The number of nitrogens with zero attached hydrogens (tertiary/aromatic N) is 3. The van der Waals surface area contributed by atoms with Crippen LogP contribution in [0.3, 0.4) is 0 Å². The molecule has 0 unspecified atom stereocenters. The maximum atomic E-state index is 12.9. The number of thioether (sulfide) groups is 1. The van der Waals surface area contributed by atoms with Crippen molar-refractivity contribution in [3.63, 3.8) is 0 Å². The first-order valence-electron chi connectivity index (χ1n) is 12.8. The molecular formula is C30H30N4O4S. The van der Waals surface area contributed by atoms with Gasteiger partial charge in [-0.1, -0.05) is 41.6 Å². The molecule has 200 valence electrons. The Morgan fingerprint density at radius 2 is 1.72 bits per heavy atom. The highest BCUT2D eigenvalue weighted by atomic mass is 32.2. The number of anilines is 1. The molecule has 2 amide bonds. The Morgan fingerprint density at radius 3 is 2.38 bits per heavy atom. The van der Waals surface area contributed by atoms with E-state index >= 15 is 0 Å². The Bertz CT molecular complexity index is 1400. The van der Waals surface area contributed by atoms with Gasteiger partial charge in [-0.05, 0) is 73.5 Å². The zero-order chi connectivity index (χ0) is 27.4. The summed E-state index contributed by atoms with van der Waals surface area (Å²) in [5.74, 6) is 0.934. The van der Waals surface area contributed by atoms with Gasteiger partial charge in [-0.25, -0.2) is 5.01 Å². The summed E-state index contributed by atoms with van der Waals surface area (Å²) in [6, 6.07) is 23.1. The molecule has 0 aromatic heterocycles. The molecule has 0 aliphatic carbocycles. The highest BCUT2D eigenvalue weighted by Gasteiger charge is 2.39. The molecule has 2 aliphatic heterocycles. The summed E-state index contributed by atoms with van der Waals surface area (Å²) < 4.78 is 10.7. The van der Waals surface area contributed by atoms with Crippen molar-refractivity contribution in [2.45, 2.75) is 38.0 Å². The highest BCUT2D eigenvalue weighted by Crippen LogP contribution is 2.39. The van der Waals surface area contributed by atoms with Crippen LogP contribution in [0.15, 0.2) is 82.9 Å². The standard InChI is InChI=1S/C30H30N4O4S/c1-4-38-24-15-11-22(12-16-24)31-28(35)18-27-29(36)32-30(39-27)34-26(21-7-5-19(2)6-8-21)17-25(33-34)20-9-13-23(37-3)14-10-20/h5-16,26-27H,4,17-18H2,1-3H3,(H,31,35)/t26-,27-/m1/s1. The zero-order valence-corrected chi connectivity index (χ0v) is 22.9. The number of aryl methyl sites for hydroxylation is 1. The van der Waals surface area contributed by atoms with E-state index in [9.17, 15) is 9.59 Å². The highest BCUT2D eigenvalue weighted by molar-refractivity contribution is 8.15. The lowest BCUT2D eigenvalue weighted by molar-refractivity contribution is -0.121. The third-order valence-corrected chi connectivity index (χ3v) is 7.68. The zero-order valence-electron chi connectivity index (χ0n) is 22.1. The summed E-state index contributed by atoms with van der Waals surface area (Å²) in [6.07, 6.45) is 0.674. The maximum absolute atomic E-state index is 12.9. The number of hydrogen-bond donors (Lipinski definition) is 1. The van der Waals surface area contributed by atoms with Gasteiger partial charge < -0.3 is 14.8 Å². The fourth-order valence-electron chi connectivity index (χ4n) is 4.48. The van der Waals surface area contributed by atoms with Crippen LogP contribution in [0.2, 0.25) is 0 Å². The van der Waals surface area contributed by atoms with Crippen LogP contribution < -0.4 is 14.8 Å². The molecule has 0 saturated heterocycles. The van der Waals surface area contributed by atoms with Crippen LogP contribution in [0.1, 0.15) is 42.5 Å².